The molecule has 0 radical (unpaired) electrons. The van der Waals surface area contributed by atoms with E-state index in [2.05, 4.69) is 18.5 Å². The second kappa shape index (κ2) is 8.16. The Labute approximate surface area is 83.0 Å². The summed E-state index contributed by atoms with van der Waals surface area (Å²) in [7, 11) is 1.41. The van der Waals surface area contributed by atoms with E-state index in [4.69, 9.17) is 0 Å². The van der Waals surface area contributed by atoms with E-state index in [9.17, 15) is 13.6 Å². The van der Waals surface area contributed by atoms with Gasteiger partial charge in [-0.1, -0.05) is 27.0 Å². The third kappa shape index (κ3) is 4.54. The van der Waals surface area contributed by atoms with Gasteiger partial charge in [-0.25, -0.2) is 8.78 Å². The second-order valence-electron chi connectivity index (χ2n) is 1.98. The third-order valence-corrected chi connectivity index (χ3v) is 1.21. The number of hydrogen-bond donors (Lipinski definition) is 1. The summed E-state index contributed by atoms with van der Waals surface area (Å²) >= 11 is 0. The van der Waals surface area contributed by atoms with Crippen LogP contribution < -0.4 is 5.32 Å². The molecule has 14 heavy (non-hydrogen) atoms. The van der Waals surface area contributed by atoms with Gasteiger partial charge in [-0.2, -0.15) is 0 Å². The van der Waals surface area contributed by atoms with Crippen molar-refractivity contribution in [3.05, 3.63) is 36.1 Å². The van der Waals surface area contributed by atoms with Gasteiger partial charge in [0.25, 0.3) is 0 Å². The molecular formula is C10H15F2NO. The zero-order valence-corrected chi connectivity index (χ0v) is 8.66. The topological polar surface area (TPSA) is 29.1 Å². The first-order valence-corrected chi connectivity index (χ1v) is 4.11. The second-order valence-corrected chi connectivity index (χ2v) is 1.98. The fourth-order valence-corrected chi connectivity index (χ4v) is 0.507. The Kier molecular flexibility index (Phi) is 8.77. The minimum absolute atomic E-state index is 0.0557. The molecule has 0 aromatic rings. The summed E-state index contributed by atoms with van der Waals surface area (Å²) in [6, 6.07) is 0. The van der Waals surface area contributed by atoms with E-state index >= 15 is 0 Å². The molecular weight excluding hydrogens is 188 g/mol. The Morgan fingerprint density at radius 3 is 1.93 bits per heavy atom. The number of halogens is 2. The number of carbonyl (C=O) groups is 1. The molecule has 80 valence electrons. The molecule has 0 bridgehead atoms. The number of allylic oxidation sites excluding steroid dienone is 3. The molecule has 0 spiro atoms. The fraction of sp³-hybridized carbons (Fsp3) is 0.300. The average Bonchev–Trinajstić information content (AvgIpc) is 2.20. The minimum Gasteiger partial charge on any atom is -0.386 e. The summed E-state index contributed by atoms with van der Waals surface area (Å²) in [4.78, 5) is 10.1. The molecule has 0 aromatic carbocycles. The van der Waals surface area contributed by atoms with Gasteiger partial charge in [-0.15, -0.1) is 0 Å². The molecule has 0 aliphatic carbocycles. The maximum absolute atomic E-state index is 12.9. The number of aldehydes is 1. The molecule has 0 amide bonds. The van der Waals surface area contributed by atoms with Crippen molar-refractivity contribution < 1.29 is 13.6 Å². The molecule has 4 heteroatoms. The SMILES string of the molecule is C=C(NC)/C(F)=C(/C=O)C(=C)F.CC. The lowest BCUT2D eigenvalue weighted by molar-refractivity contribution is -0.104. The van der Waals surface area contributed by atoms with E-state index in [1.165, 1.54) is 7.05 Å². The van der Waals surface area contributed by atoms with Gasteiger partial charge in [-0.05, 0) is 0 Å². The highest BCUT2D eigenvalue weighted by molar-refractivity contribution is 5.80. The van der Waals surface area contributed by atoms with Crippen LogP contribution in [-0.2, 0) is 4.79 Å². The molecule has 0 fully saturated rings. The molecule has 2 nitrogen and oxygen atoms in total. The Morgan fingerprint density at radius 2 is 1.71 bits per heavy atom. The first kappa shape index (κ1) is 15.0. The summed E-state index contributed by atoms with van der Waals surface area (Å²) in [6.45, 7) is 10.0. The van der Waals surface area contributed by atoms with Crippen molar-refractivity contribution in [1.29, 1.82) is 0 Å². The van der Waals surface area contributed by atoms with Crippen molar-refractivity contribution in [2.24, 2.45) is 0 Å². The molecule has 0 rings (SSSR count). The number of nitrogens with one attached hydrogen (secondary N) is 1. The lowest BCUT2D eigenvalue weighted by atomic mass is 10.2. The highest BCUT2D eigenvalue weighted by Gasteiger charge is 2.11. The maximum Gasteiger partial charge on any atom is 0.159 e. The molecule has 0 heterocycles. The van der Waals surface area contributed by atoms with E-state index in [0.717, 1.165) is 0 Å². The van der Waals surface area contributed by atoms with E-state index < -0.39 is 17.2 Å². The van der Waals surface area contributed by atoms with Gasteiger partial charge < -0.3 is 5.32 Å². The van der Waals surface area contributed by atoms with Crippen LogP contribution >= 0.6 is 0 Å². The largest absolute Gasteiger partial charge is 0.386 e. The van der Waals surface area contributed by atoms with Gasteiger partial charge in [-0.3, -0.25) is 4.79 Å². The van der Waals surface area contributed by atoms with Crippen molar-refractivity contribution >= 4 is 6.29 Å². The maximum atomic E-state index is 12.9. The first-order valence-electron chi connectivity index (χ1n) is 4.11. The van der Waals surface area contributed by atoms with Gasteiger partial charge in [0, 0.05) is 7.05 Å². The van der Waals surface area contributed by atoms with Gasteiger partial charge in [0.1, 0.15) is 5.83 Å². The van der Waals surface area contributed by atoms with Crippen molar-refractivity contribution in [1.82, 2.24) is 5.32 Å². The van der Waals surface area contributed by atoms with Crippen molar-refractivity contribution in [3.8, 4) is 0 Å². The van der Waals surface area contributed by atoms with Crippen molar-refractivity contribution in [2.45, 2.75) is 13.8 Å². The zero-order chi connectivity index (χ0) is 11.7. The van der Waals surface area contributed by atoms with Crippen LogP contribution in [0.15, 0.2) is 36.1 Å². The molecule has 0 aliphatic heterocycles. The summed E-state index contributed by atoms with van der Waals surface area (Å²) in [5, 5.41) is 2.34. The summed E-state index contributed by atoms with van der Waals surface area (Å²) in [5.41, 5.74) is -0.870. The third-order valence-electron chi connectivity index (χ3n) is 1.21. The predicted octanol–water partition coefficient (Wildman–Crippen LogP) is 2.65. The molecule has 0 saturated heterocycles. The zero-order valence-electron chi connectivity index (χ0n) is 8.66. The number of hydrogen-bond acceptors (Lipinski definition) is 2. The van der Waals surface area contributed by atoms with Crippen LogP contribution in [-0.4, -0.2) is 13.3 Å². The van der Waals surface area contributed by atoms with Crippen LogP contribution in [0.2, 0.25) is 0 Å². The van der Waals surface area contributed by atoms with Gasteiger partial charge in [0.05, 0.1) is 11.3 Å². The van der Waals surface area contributed by atoms with Gasteiger partial charge in [0.2, 0.25) is 0 Å². The molecule has 0 aromatic heterocycles. The molecule has 0 unspecified atom stereocenters. The first-order chi connectivity index (χ1) is 6.54. The van der Waals surface area contributed by atoms with Gasteiger partial charge in [0.15, 0.2) is 12.1 Å². The van der Waals surface area contributed by atoms with Crippen LogP contribution in [0.1, 0.15) is 13.8 Å². The standard InChI is InChI=1S/C8H9F2NO.C2H6/c1-5(9)7(4-12)8(10)6(2)11-3;1-2/h4,11H,1-2H2,3H3;1-2H3/b8-7+;. The predicted molar refractivity (Wildman–Crippen MR) is 54.0 cm³/mol. The summed E-state index contributed by atoms with van der Waals surface area (Å²) < 4.78 is 25.2. The van der Waals surface area contributed by atoms with Crippen LogP contribution in [0.4, 0.5) is 8.78 Å². The number of likely N-dealkylation sites (N-methyl/N-ethyl adjacent to an activating group) is 1. The molecule has 0 atom stereocenters. The average molecular weight is 203 g/mol. The highest BCUT2D eigenvalue weighted by atomic mass is 19.1. The van der Waals surface area contributed by atoms with Crippen LogP contribution in [0.3, 0.4) is 0 Å². The van der Waals surface area contributed by atoms with Crippen LogP contribution in [0.5, 0.6) is 0 Å². The Hall–Kier alpha value is -1.45. The van der Waals surface area contributed by atoms with E-state index in [0.29, 0.717) is 0 Å². The fourth-order valence-electron chi connectivity index (χ4n) is 0.507. The monoisotopic (exact) mass is 203 g/mol. The molecule has 0 saturated carbocycles. The molecule has 0 aliphatic rings. The normalized spacial score (nSPS) is 10.4. The smallest absolute Gasteiger partial charge is 0.159 e. The molecule has 1 N–H and O–H groups in total. The lowest BCUT2D eigenvalue weighted by Gasteiger charge is -2.02. The quantitative estimate of drug-likeness (QED) is 0.432. The minimum atomic E-state index is -1.11. The summed E-state index contributed by atoms with van der Waals surface area (Å²) in [5.74, 6) is -2.14. The van der Waals surface area contributed by atoms with Crippen molar-refractivity contribution in [3.63, 3.8) is 0 Å². The van der Waals surface area contributed by atoms with Crippen LogP contribution in [0, 0.1) is 0 Å². The van der Waals surface area contributed by atoms with E-state index in [1.54, 1.807) is 0 Å². The number of carbonyl (C=O) groups excluding carboxylic acids is 1. The van der Waals surface area contributed by atoms with E-state index in [-0.39, 0.29) is 12.0 Å². The van der Waals surface area contributed by atoms with Gasteiger partial charge >= 0.3 is 0 Å². The Bertz CT molecular complexity index is 257. The highest BCUT2D eigenvalue weighted by Crippen LogP contribution is 2.17. The Morgan fingerprint density at radius 1 is 1.29 bits per heavy atom. The Balaban J connectivity index is 0. The van der Waals surface area contributed by atoms with Crippen molar-refractivity contribution in [2.75, 3.05) is 7.05 Å². The summed E-state index contributed by atoms with van der Waals surface area (Å²) in [6.07, 6.45) is 0.0557. The number of rotatable bonds is 4. The van der Waals surface area contributed by atoms with E-state index in [1.807, 2.05) is 13.8 Å². The van der Waals surface area contributed by atoms with Crippen LogP contribution in [0.25, 0.3) is 0 Å². The lowest BCUT2D eigenvalue weighted by Crippen LogP contribution is -2.07.